The summed E-state index contributed by atoms with van der Waals surface area (Å²) in [5.41, 5.74) is 8.60. The molecule has 1 saturated heterocycles. The number of fused-ring (bicyclic) bond motifs is 1. The molecule has 2 saturated carbocycles. The quantitative estimate of drug-likeness (QED) is 0.0750. The lowest BCUT2D eigenvalue weighted by atomic mass is 10.0. The number of rotatable bonds is 18. The average molecular weight is 812 g/mol. The molecule has 7 rings (SSSR count). The predicted molar refractivity (Wildman–Crippen MR) is 220 cm³/mol. The first-order valence-electron chi connectivity index (χ1n) is 19.9. The third-order valence-electron chi connectivity index (χ3n) is 11.4. The first-order valence-corrected chi connectivity index (χ1v) is 21.4. The number of primary amides is 1. The number of nitrogens with zero attached hydrogens (tertiary/aromatic N) is 2. The minimum Gasteiger partial charge on any atom is -0.497 e. The number of unbranched alkanes of at least 4 members (excludes halogenated alkanes) is 3. The fourth-order valence-electron chi connectivity index (χ4n) is 7.53. The summed E-state index contributed by atoms with van der Waals surface area (Å²) in [4.78, 5) is 46.1. The molecule has 2 heterocycles. The highest BCUT2D eigenvalue weighted by Gasteiger charge is 2.52. The van der Waals surface area contributed by atoms with Crippen molar-refractivity contribution in [3.05, 3.63) is 96.8 Å². The van der Waals surface area contributed by atoms with E-state index >= 15 is 0 Å². The van der Waals surface area contributed by atoms with E-state index in [1.807, 2.05) is 66.7 Å². The number of sulfonamides is 1. The van der Waals surface area contributed by atoms with Crippen molar-refractivity contribution in [2.45, 2.75) is 87.6 Å². The van der Waals surface area contributed by atoms with Gasteiger partial charge in [0.25, 0.3) is 0 Å². The van der Waals surface area contributed by atoms with Gasteiger partial charge in [-0.2, -0.15) is 0 Å². The van der Waals surface area contributed by atoms with Crippen molar-refractivity contribution in [2.24, 2.45) is 17.6 Å². The number of aromatic nitrogens is 1. The van der Waals surface area contributed by atoms with E-state index in [9.17, 15) is 27.2 Å². The number of allylic oxidation sites excluding steroid dienone is 2. The zero-order chi connectivity index (χ0) is 41.0. The highest BCUT2D eigenvalue weighted by atomic mass is 32.2. The van der Waals surface area contributed by atoms with Crippen molar-refractivity contribution in [1.29, 1.82) is 0 Å². The molecule has 0 radical (unpaired) electrons. The number of carbonyl (C=O) groups is 3. The molecular formula is C44H50FN5O7S. The Kier molecular flexibility index (Phi) is 12.0. The van der Waals surface area contributed by atoms with E-state index < -0.39 is 50.6 Å². The molecule has 306 valence electrons. The van der Waals surface area contributed by atoms with Crippen LogP contribution in [-0.2, 0) is 24.4 Å². The van der Waals surface area contributed by atoms with Gasteiger partial charge in [0.2, 0.25) is 27.7 Å². The number of hydrogen-bond donors (Lipinski definition) is 3. The normalized spacial score (nSPS) is 21.4. The van der Waals surface area contributed by atoms with Crippen molar-refractivity contribution in [3.63, 3.8) is 0 Å². The van der Waals surface area contributed by atoms with Crippen LogP contribution in [-0.4, -0.2) is 72.6 Å². The second kappa shape index (κ2) is 17.2. The Labute approximate surface area is 338 Å². The molecule has 2 aliphatic carbocycles. The molecule has 1 aliphatic heterocycles. The Balaban J connectivity index is 0.988. The molecular weight excluding hydrogens is 762 g/mol. The zero-order valence-electron chi connectivity index (χ0n) is 32.7. The highest BCUT2D eigenvalue weighted by Crippen LogP contribution is 2.44. The monoisotopic (exact) mass is 811 g/mol. The summed E-state index contributed by atoms with van der Waals surface area (Å²) in [5, 5.41) is 3.96. The molecule has 1 unspecified atom stereocenters. The van der Waals surface area contributed by atoms with Gasteiger partial charge in [0, 0.05) is 41.1 Å². The summed E-state index contributed by atoms with van der Waals surface area (Å²) >= 11 is 0. The van der Waals surface area contributed by atoms with Gasteiger partial charge in [-0.05, 0) is 81.7 Å². The Bertz CT molecular complexity index is 2300. The van der Waals surface area contributed by atoms with Crippen molar-refractivity contribution in [3.8, 4) is 22.8 Å². The number of halogens is 1. The Morgan fingerprint density at radius 3 is 2.53 bits per heavy atom. The van der Waals surface area contributed by atoms with Gasteiger partial charge >= 0.3 is 0 Å². The van der Waals surface area contributed by atoms with Crippen LogP contribution in [0.2, 0.25) is 0 Å². The van der Waals surface area contributed by atoms with Crippen molar-refractivity contribution < 1.29 is 36.7 Å². The maximum absolute atomic E-state index is 14.3. The van der Waals surface area contributed by atoms with Gasteiger partial charge in [-0.15, -0.1) is 0 Å². The Hall–Kier alpha value is -5.50. The summed E-state index contributed by atoms with van der Waals surface area (Å²) < 4.78 is 52.6. The van der Waals surface area contributed by atoms with E-state index in [4.69, 9.17) is 20.2 Å². The number of pyridine rings is 1. The smallest absolute Gasteiger partial charge is 0.245 e. The number of methoxy groups -OCH3 is 1. The van der Waals surface area contributed by atoms with E-state index in [0.717, 1.165) is 30.2 Å². The summed E-state index contributed by atoms with van der Waals surface area (Å²) in [5.74, 6) is -0.950. The van der Waals surface area contributed by atoms with Gasteiger partial charge in [0.15, 0.2) is 0 Å². The minimum absolute atomic E-state index is 0.0258. The van der Waals surface area contributed by atoms with E-state index in [-0.39, 0.29) is 30.7 Å². The Morgan fingerprint density at radius 2 is 1.81 bits per heavy atom. The molecule has 4 aromatic rings. The number of carbonyl (C=O) groups excluding carboxylic acids is 3. The molecule has 1 aromatic heterocycles. The lowest BCUT2D eigenvalue weighted by Crippen LogP contribution is -2.49. The van der Waals surface area contributed by atoms with Crippen LogP contribution >= 0.6 is 0 Å². The largest absolute Gasteiger partial charge is 0.497 e. The fourth-order valence-corrected chi connectivity index (χ4v) is 8.84. The lowest BCUT2D eigenvalue weighted by molar-refractivity contribution is -0.138. The molecule has 3 aliphatic rings. The van der Waals surface area contributed by atoms with Crippen LogP contribution in [0.4, 0.5) is 10.1 Å². The van der Waals surface area contributed by atoms with Gasteiger partial charge in [-0.1, -0.05) is 61.4 Å². The number of anilines is 1. The lowest BCUT2D eigenvalue weighted by Gasteiger charge is -2.28. The topological polar surface area (TPSA) is 170 Å². The van der Waals surface area contributed by atoms with E-state index in [1.54, 1.807) is 26.2 Å². The maximum Gasteiger partial charge on any atom is 0.245 e. The second-order valence-electron chi connectivity index (χ2n) is 15.8. The van der Waals surface area contributed by atoms with Gasteiger partial charge in [0.1, 0.15) is 35.5 Å². The summed E-state index contributed by atoms with van der Waals surface area (Å²) in [7, 11) is -2.05. The molecule has 58 heavy (non-hydrogen) atoms. The molecule has 14 heteroatoms. The predicted octanol–water partition coefficient (Wildman–Crippen LogP) is 6.51. The second-order valence-corrected chi connectivity index (χ2v) is 18.0. The molecule has 0 spiro atoms. The minimum atomic E-state index is -3.64. The summed E-state index contributed by atoms with van der Waals surface area (Å²) in [6.07, 6.45) is 8.87. The molecule has 0 bridgehead atoms. The maximum atomic E-state index is 14.3. The van der Waals surface area contributed by atoms with Crippen molar-refractivity contribution in [1.82, 2.24) is 14.6 Å². The number of ether oxygens (including phenoxy) is 2. The van der Waals surface area contributed by atoms with Crippen LogP contribution in [0.15, 0.2) is 91.0 Å². The van der Waals surface area contributed by atoms with E-state index in [1.165, 1.54) is 17.0 Å². The van der Waals surface area contributed by atoms with Crippen molar-refractivity contribution in [2.75, 3.05) is 19.0 Å². The van der Waals surface area contributed by atoms with E-state index in [2.05, 4.69) is 10.0 Å². The molecule has 4 N–H and O–H groups in total. The number of nitrogens with one attached hydrogen (secondary N) is 2. The summed E-state index contributed by atoms with van der Waals surface area (Å²) in [6.45, 7) is 1.77. The fraction of sp³-hybridized carbons (Fsp3) is 0.409. The third-order valence-corrected chi connectivity index (χ3v) is 13.6. The average Bonchev–Trinajstić information content (AvgIpc) is 4.12. The van der Waals surface area contributed by atoms with Crippen LogP contribution in [0.1, 0.15) is 64.7 Å². The molecule has 3 aromatic carbocycles. The zero-order valence-corrected chi connectivity index (χ0v) is 33.6. The summed E-state index contributed by atoms with van der Waals surface area (Å²) in [6, 6.07) is 21.3. The molecule has 3 amide bonds. The van der Waals surface area contributed by atoms with Gasteiger partial charge < -0.3 is 25.4 Å². The van der Waals surface area contributed by atoms with Crippen LogP contribution in [0, 0.1) is 17.7 Å². The first kappa shape index (κ1) is 40.7. The van der Waals surface area contributed by atoms with Gasteiger partial charge in [-0.25, -0.2) is 17.8 Å². The Morgan fingerprint density at radius 1 is 1.02 bits per heavy atom. The standard InChI is InChI=1S/C44H50FN5O7S/c1-44(20-21-44)58(54,55)49-42(52)35-22-29(35)14-7-4-3-5-10-17-36(47-31-16-11-15-30(45)23-31)43(53)50-27-33(25-39(50)41(46)51)57-40-26-37(28-12-8-6-9-13-28)48-38-24-32(56-2)18-19-34(38)40/h6-9,11-16,18-19,23-24,26,29,33,35-36,39,47H,3-5,10,17,20-22,25,27H2,1-2H3,(H2,46,51)(H,49,52)/b14-7-/t29-,33?,35+,36+,39+/m1/s1. The first-order chi connectivity index (χ1) is 27.8. The number of amides is 3. The van der Waals surface area contributed by atoms with E-state index in [0.29, 0.717) is 60.5 Å². The SMILES string of the molecule is COc1ccc2c(OC3C[C@@H](C(N)=O)N(C(=O)[C@H](CCCCC/C=C\[C@@H]4C[C@@H]4C(=O)NS(=O)(=O)C4(C)CC4)Nc4cccc(F)c4)C3)cc(-c3ccccc3)nc2c1. The van der Waals surface area contributed by atoms with Gasteiger partial charge in [0.05, 0.1) is 29.6 Å². The molecule has 3 fully saturated rings. The van der Waals surface area contributed by atoms with Crippen LogP contribution < -0.4 is 25.2 Å². The van der Waals surface area contributed by atoms with Crippen LogP contribution in [0.25, 0.3) is 22.2 Å². The highest BCUT2D eigenvalue weighted by molar-refractivity contribution is 7.91. The van der Waals surface area contributed by atoms with Crippen molar-refractivity contribution >= 4 is 44.3 Å². The number of benzene rings is 3. The molecule has 5 atom stereocenters. The molecule has 12 nitrogen and oxygen atoms in total. The van der Waals surface area contributed by atoms with Gasteiger partial charge in [-0.3, -0.25) is 19.1 Å². The number of likely N-dealkylation sites (tertiary alicyclic amines) is 1. The third kappa shape index (κ3) is 9.44. The van der Waals surface area contributed by atoms with Crippen LogP contribution in [0.5, 0.6) is 11.5 Å². The van der Waals surface area contributed by atoms with Crippen LogP contribution in [0.3, 0.4) is 0 Å². The number of hydrogen-bond acceptors (Lipinski definition) is 9. The number of nitrogens with two attached hydrogens (primary N) is 1.